The molecule has 2 aromatic rings. The second-order valence-corrected chi connectivity index (χ2v) is 5.91. The van der Waals surface area contributed by atoms with E-state index in [1.54, 1.807) is 18.4 Å². The number of aromatic nitrogens is 2. The molecule has 0 aromatic carbocycles. The smallest absolute Gasteiger partial charge is 0.163 e. The fraction of sp³-hybridized carbons (Fsp3) is 0.385. The monoisotopic (exact) mass is 389 g/mol. The minimum Gasteiger partial charge on any atom is -0.378 e. The number of ether oxygens (including phenoxy) is 1. The minimum atomic E-state index is 0.495. The summed E-state index contributed by atoms with van der Waals surface area (Å²) in [6, 6.07) is 0. The van der Waals surface area contributed by atoms with E-state index in [1.807, 2.05) is 0 Å². The molecule has 0 aliphatic heterocycles. The molecule has 19 heavy (non-hydrogen) atoms. The van der Waals surface area contributed by atoms with E-state index in [0.717, 1.165) is 33.0 Å². The first-order chi connectivity index (χ1) is 9.17. The highest BCUT2D eigenvalue weighted by molar-refractivity contribution is 14.1. The Bertz CT molecular complexity index is 544. The molecular weight excluding hydrogens is 373 g/mol. The van der Waals surface area contributed by atoms with E-state index < -0.39 is 0 Å². The average Bonchev–Trinajstić information content (AvgIpc) is 2.81. The van der Waals surface area contributed by atoms with Crippen molar-refractivity contribution < 1.29 is 4.74 Å². The Kier molecular flexibility index (Phi) is 5.12. The number of hydrogen-bond acceptors (Lipinski definition) is 5. The summed E-state index contributed by atoms with van der Waals surface area (Å²) < 4.78 is 6.25. The quantitative estimate of drug-likeness (QED) is 0.793. The summed E-state index contributed by atoms with van der Waals surface area (Å²) in [6.07, 6.45) is 0. The van der Waals surface area contributed by atoms with E-state index in [1.165, 1.54) is 5.56 Å². The zero-order valence-electron chi connectivity index (χ0n) is 11.2. The van der Waals surface area contributed by atoms with Crippen molar-refractivity contribution in [2.75, 3.05) is 19.0 Å². The van der Waals surface area contributed by atoms with E-state index >= 15 is 0 Å². The molecule has 0 saturated heterocycles. The highest BCUT2D eigenvalue weighted by atomic mass is 127. The Morgan fingerprint density at radius 3 is 2.74 bits per heavy atom. The molecule has 0 fully saturated rings. The van der Waals surface area contributed by atoms with E-state index in [-0.39, 0.29) is 0 Å². The number of anilines is 1. The van der Waals surface area contributed by atoms with Crippen molar-refractivity contribution in [3.05, 3.63) is 25.6 Å². The Balaban J connectivity index is 2.52. The molecule has 0 aliphatic carbocycles. The lowest BCUT2D eigenvalue weighted by molar-refractivity contribution is 0.181. The van der Waals surface area contributed by atoms with Crippen LogP contribution in [0.1, 0.15) is 18.2 Å². The Hall–Kier alpha value is -0.730. The van der Waals surface area contributed by atoms with Crippen molar-refractivity contribution in [1.82, 2.24) is 9.97 Å². The lowest BCUT2D eigenvalue weighted by Gasteiger charge is -2.11. The Morgan fingerprint density at radius 1 is 1.37 bits per heavy atom. The molecule has 4 nitrogen and oxygen atoms in total. The van der Waals surface area contributed by atoms with Crippen LogP contribution in [0.3, 0.4) is 0 Å². The summed E-state index contributed by atoms with van der Waals surface area (Å²) in [7, 11) is 1.68. The predicted molar refractivity (Wildman–Crippen MR) is 87.7 cm³/mol. The van der Waals surface area contributed by atoms with Gasteiger partial charge in [-0.05, 0) is 47.4 Å². The Labute approximate surface area is 130 Å². The maximum absolute atomic E-state index is 5.22. The predicted octanol–water partition coefficient (Wildman–Crippen LogP) is 3.70. The van der Waals surface area contributed by atoms with Gasteiger partial charge in [-0.3, -0.25) is 0 Å². The molecule has 0 spiro atoms. The molecule has 0 atom stereocenters. The van der Waals surface area contributed by atoms with Crippen LogP contribution in [-0.2, 0) is 11.3 Å². The van der Waals surface area contributed by atoms with Gasteiger partial charge in [-0.15, -0.1) is 0 Å². The number of methoxy groups -OCH3 is 1. The molecule has 0 amide bonds. The third-order valence-corrected chi connectivity index (χ3v) is 4.64. The number of rotatable bonds is 5. The van der Waals surface area contributed by atoms with Crippen molar-refractivity contribution in [3.63, 3.8) is 0 Å². The standard InChI is InChI=1S/C13H16IN3OS/c1-4-15-13-11(14)10(5-18-3)16-12(17-13)9-7-19-6-8(9)2/h6-7H,4-5H2,1-3H3,(H,15,16,17). The van der Waals surface area contributed by atoms with Crippen LogP contribution >= 0.6 is 33.9 Å². The molecule has 2 aromatic heterocycles. The van der Waals surface area contributed by atoms with Crippen molar-refractivity contribution in [2.24, 2.45) is 0 Å². The highest BCUT2D eigenvalue weighted by Crippen LogP contribution is 2.28. The lowest BCUT2D eigenvalue weighted by Crippen LogP contribution is -2.08. The zero-order valence-corrected chi connectivity index (χ0v) is 14.1. The van der Waals surface area contributed by atoms with Gasteiger partial charge in [0.15, 0.2) is 5.82 Å². The highest BCUT2D eigenvalue weighted by Gasteiger charge is 2.14. The van der Waals surface area contributed by atoms with Crippen LogP contribution in [0.5, 0.6) is 0 Å². The van der Waals surface area contributed by atoms with Crippen molar-refractivity contribution >= 4 is 39.7 Å². The number of nitrogens with zero attached hydrogens (tertiary/aromatic N) is 2. The zero-order chi connectivity index (χ0) is 13.8. The van der Waals surface area contributed by atoms with Gasteiger partial charge in [0.05, 0.1) is 15.9 Å². The van der Waals surface area contributed by atoms with Gasteiger partial charge in [0.1, 0.15) is 5.82 Å². The molecule has 2 heterocycles. The molecule has 102 valence electrons. The lowest BCUT2D eigenvalue weighted by atomic mass is 10.2. The molecule has 1 N–H and O–H groups in total. The molecule has 0 aliphatic rings. The molecule has 0 saturated carbocycles. The first-order valence-electron chi connectivity index (χ1n) is 5.99. The second kappa shape index (κ2) is 6.62. The summed E-state index contributed by atoms with van der Waals surface area (Å²) in [5.41, 5.74) is 3.23. The average molecular weight is 389 g/mol. The van der Waals surface area contributed by atoms with Crippen LogP contribution in [-0.4, -0.2) is 23.6 Å². The number of aryl methyl sites for hydroxylation is 1. The van der Waals surface area contributed by atoms with Gasteiger partial charge in [-0.1, -0.05) is 0 Å². The summed E-state index contributed by atoms with van der Waals surface area (Å²) in [6.45, 7) is 5.47. The largest absolute Gasteiger partial charge is 0.378 e. The van der Waals surface area contributed by atoms with Crippen molar-refractivity contribution in [2.45, 2.75) is 20.5 Å². The number of halogens is 1. The van der Waals surface area contributed by atoms with Crippen LogP contribution in [0.4, 0.5) is 5.82 Å². The number of thiophene rings is 1. The molecule has 0 radical (unpaired) electrons. The van der Waals surface area contributed by atoms with Crippen LogP contribution < -0.4 is 5.32 Å². The molecular formula is C13H16IN3OS. The van der Waals surface area contributed by atoms with Crippen LogP contribution in [0, 0.1) is 10.5 Å². The van der Waals surface area contributed by atoms with E-state index in [4.69, 9.17) is 4.74 Å². The molecule has 0 unspecified atom stereocenters. The van der Waals surface area contributed by atoms with E-state index in [9.17, 15) is 0 Å². The number of nitrogens with one attached hydrogen (secondary N) is 1. The van der Waals surface area contributed by atoms with Gasteiger partial charge in [0.2, 0.25) is 0 Å². The SMILES string of the molecule is CCNc1nc(-c2cscc2C)nc(COC)c1I. The van der Waals surface area contributed by atoms with Gasteiger partial charge >= 0.3 is 0 Å². The fourth-order valence-corrected chi connectivity index (χ4v) is 3.13. The molecule has 2 rings (SSSR count). The normalized spacial score (nSPS) is 10.7. The fourth-order valence-electron chi connectivity index (χ4n) is 1.72. The van der Waals surface area contributed by atoms with Crippen LogP contribution in [0.25, 0.3) is 11.4 Å². The van der Waals surface area contributed by atoms with Crippen LogP contribution in [0.2, 0.25) is 0 Å². The third-order valence-electron chi connectivity index (χ3n) is 2.64. The summed E-state index contributed by atoms with van der Waals surface area (Å²) in [5, 5.41) is 7.48. The summed E-state index contributed by atoms with van der Waals surface area (Å²) >= 11 is 3.94. The molecule has 0 bridgehead atoms. The van der Waals surface area contributed by atoms with Crippen LogP contribution in [0.15, 0.2) is 10.8 Å². The van der Waals surface area contributed by atoms with Gasteiger partial charge in [0, 0.05) is 24.6 Å². The summed E-state index contributed by atoms with van der Waals surface area (Å²) in [4.78, 5) is 9.26. The minimum absolute atomic E-state index is 0.495. The first kappa shape index (κ1) is 14.7. The van der Waals surface area contributed by atoms with Gasteiger partial charge < -0.3 is 10.1 Å². The van der Waals surface area contributed by atoms with E-state index in [0.29, 0.717) is 6.61 Å². The van der Waals surface area contributed by atoms with Crippen molar-refractivity contribution in [1.29, 1.82) is 0 Å². The van der Waals surface area contributed by atoms with Gasteiger partial charge in [0.25, 0.3) is 0 Å². The summed E-state index contributed by atoms with van der Waals surface area (Å²) in [5.74, 6) is 1.65. The van der Waals surface area contributed by atoms with Crippen molar-refractivity contribution in [3.8, 4) is 11.4 Å². The maximum Gasteiger partial charge on any atom is 0.163 e. The molecule has 6 heteroatoms. The van der Waals surface area contributed by atoms with Gasteiger partial charge in [-0.25, -0.2) is 9.97 Å². The first-order valence-corrected chi connectivity index (χ1v) is 8.01. The topological polar surface area (TPSA) is 47.0 Å². The maximum atomic E-state index is 5.22. The van der Waals surface area contributed by atoms with E-state index in [2.05, 4.69) is 62.5 Å². The third kappa shape index (κ3) is 3.24. The number of hydrogen-bond donors (Lipinski definition) is 1. The second-order valence-electron chi connectivity index (χ2n) is 4.09. The Morgan fingerprint density at radius 2 is 2.16 bits per heavy atom. The van der Waals surface area contributed by atoms with Gasteiger partial charge in [-0.2, -0.15) is 11.3 Å².